The first-order chi connectivity index (χ1) is 14.5. The number of likely N-dealkylation sites (N-methyl/N-ethyl adjacent to an activating group) is 1. The van der Waals surface area contributed by atoms with Crippen LogP contribution < -0.4 is 5.32 Å². The summed E-state index contributed by atoms with van der Waals surface area (Å²) in [6, 6.07) is 9.46. The predicted molar refractivity (Wildman–Crippen MR) is 118 cm³/mol. The molecular weight excluding hydrogens is 376 g/mol. The van der Waals surface area contributed by atoms with E-state index in [-0.39, 0.29) is 5.91 Å². The Morgan fingerprint density at radius 2 is 2.03 bits per heavy atom. The number of nitrogens with one attached hydrogen (secondary N) is 3. The van der Waals surface area contributed by atoms with Gasteiger partial charge in [0.05, 0.1) is 6.34 Å². The highest BCUT2D eigenvalue weighted by atomic mass is 16.1. The number of anilines is 1. The van der Waals surface area contributed by atoms with Gasteiger partial charge in [-0.05, 0) is 73.9 Å². The highest BCUT2D eigenvalue weighted by Crippen LogP contribution is 2.38. The molecule has 0 bridgehead atoms. The van der Waals surface area contributed by atoms with Gasteiger partial charge < -0.3 is 10.2 Å². The van der Waals surface area contributed by atoms with Crippen LogP contribution in [0, 0.1) is 17.7 Å². The van der Waals surface area contributed by atoms with Crippen LogP contribution in [-0.4, -0.2) is 40.0 Å². The maximum atomic E-state index is 12.8. The maximum absolute atomic E-state index is 12.8. The topological polar surface area (TPSA) is 106 Å². The molecule has 4 rings (SSSR count). The largest absolute Gasteiger partial charge is 0.321 e. The van der Waals surface area contributed by atoms with Gasteiger partial charge in [-0.15, -0.1) is 0 Å². The lowest BCUT2D eigenvalue weighted by molar-refractivity contribution is 0.102. The second kappa shape index (κ2) is 8.18. The summed E-state index contributed by atoms with van der Waals surface area (Å²) >= 11 is 0. The SMILES string of the molecule is Cc1cc(C(=O)Nc2cccc(C3=C(C(=N)N(C)C=N)CCC3)c2)nc(C2CC2)n1. The first kappa shape index (κ1) is 19.9. The summed E-state index contributed by atoms with van der Waals surface area (Å²) in [5.41, 5.74) is 4.97. The molecule has 30 heavy (non-hydrogen) atoms. The Hall–Kier alpha value is -3.35. The van der Waals surface area contributed by atoms with Crippen molar-refractivity contribution in [2.24, 2.45) is 0 Å². The van der Waals surface area contributed by atoms with Crippen LogP contribution in [0.3, 0.4) is 0 Å². The molecule has 0 spiro atoms. The number of aryl methyl sites for hydroxylation is 1. The smallest absolute Gasteiger partial charge is 0.274 e. The van der Waals surface area contributed by atoms with Crippen molar-refractivity contribution in [3.05, 3.63) is 58.7 Å². The van der Waals surface area contributed by atoms with Crippen LogP contribution in [0.5, 0.6) is 0 Å². The lowest BCUT2D eigenvalue weighted by atomic mass is 10.0. The fraction of sp³-hybridized carbons (Fsp3) is 0.348. The Labute approximate surface area is 176 Å². The second-order valence-electron chi connectivity index (χ2n) is 7.96. The zero-order valence-corrected chi connectivity index (χ0v) is 17.3. The summed E-state index contributed by atoms with van der Waals surface area (Å²) in [5, 5.41) is 18.7. The zero-order chi connectivity index (χ0) is 21.3. The van der Waals surface area contributed by atoms with Crippen molar-refractivity contribution in [3.8, 4) is 0 Å². The lowest BCUT2D eigenvalue weighted by Gasteiger charge is -2.17. The number of carbonyl (C=O) groups excluding carboxylic acids is 1. The van der Waals surface area contributed by atoms with E-state index in [2.05, 4.69) is 15.3 Å². The molecule has 1 aromatic carbocycles. The monoisotopic (exact) mass is 402 g/mol. The number of allylic oxidation sites excluding steroid dienone is 1. The lowest BCUT2D eigenvalue weighted by Crippen LogP contribution is -2.25. The maximum Gasteiger partial charge on any atom is 0.274 e. The van der Waals surface area contributed by atoms with Gasteiger partial charge in [0, 0.05) is 24.3 Å². The quantitative estimate of drug-likeness (QED) is 0.493. The zero-order valence-electron chi connectivity index (χ0n) is 17.3. The van der Waals surface area contributed by atoms with Gasteiger partial charge in [0.15, 0.2) is 0 Å². The van der Waals surface area contributed by atoms with Gasteiger partial charge in [-0.3, -0.25) is 15.6 Å². The Balaban J connectivity index is 1.57. The molecule has 2 aromatic rings. The Morgan fingerprint density at radius 1 is 1.23 bits per heavy atom. The third-order valence-electron chi connectivity index (χ3n) is 5.57. The van der Waals surface area contributed by atoms with Gasteiger partial charge in [-0.2, -0.15) is 0 Å². The highest BCUT2D eigenvalue weighted by Gasteiger charge is 2.28. The summed E-state index contributed by atoms with van der Waals surface area (Å²) in [5.74, 6) is 1.28. The Kier molecular flexibility index (Phi) is 5.44. The van der Waals surface area contributed by atoms with E-state index in [9.17, 15) is 4.79 Å². The van der Waals surface area contributed by atoms with E-state index in [1.165, 1.54) is 4.90 Å². The minimum atomic E-state index is -0.239. The molecule has 0 atom stereocenters. The molecule has 2 aliphatic rings. The van der Waals surface area contributed by atoms with Gasteiger partial charge >= 0.3 is 0 Å². The molecule has 0 unspecified atom stereocenters. The average Bonchev–Trinajstić information content (AvgIpc) is 3.49. The highest BCUT2D eigenvalue weighted by molar-refractivity contribution is 6.08. The van der Waals surface area contributed by atoms with E-state index in [1.54, 1.807) is 13.1 Å². The number of hydrogen-bond donors (Lipinski definition) is 3. The van der Waals surface area contributed by atoms with Crippen molar-refractivity contribution >= 4 is 29.3 Å². The Bertz CT molecular complexity index is 1050. The van der Waals surface area contributed by atoms with E-state index < -0.39 is 0 Å². The van der Waals surface area contributed by atoms with Crippen LogP contribution in [0.2, 0.25) is 0 Å². The van der Waals surface area contributed by atoms with Crippen LogP contribution in [0.25, 0.3) is 5.57 Å². The van der Waals surface area contributed by atoms with Crippen molar-refractivity contribution in [3.63, 3.8) is 0 Å². The number of aromatic nitrogens is 2. The molecule has 154 valence electrons. The molecule has 2 aliphatic carbocycles. The van der Waals surface area contributed by atoms with Crippen molar-refractivity contribution in [1.82, 2.24) is 14.9 Å². The summed E-state index contributed by atoms with van der Waals surface area (Å²) in [6.45, 7) is 1.89. The first-order valence-corrected chi connectivity index (χ1v) is 10.3. The molecule has 0 aliphatic heterocycles. The molecule has 0 saturated heterocycles. The van der Waals surface area contributed by atoms with E-state index in [1.807, 2.05) is 31.2 Å². The van der Waals surface area contributed by atoms with Crippen molar-refractivity contribution < 1.29 is 4.79 Å². The van der Waals surface area contributed by atoms with E-state index >= 15 is 0 Å². The van der Waals surface area contributed by atoms with Gasteiger partial charge in [-0.1, -0.05) is 12.1 Å². The molecule has 1 saturated carbocycles. The van der Waals surface area contributed by atoms with Gasteiger partial charge in [0.25, 0.3) is 5.91 Å². The van der Waals surface area contributed by atoms with Crippen LogP contribution in [0.15, 0.2) is 35.9 Å². The fourth-order valence-electron chi connectivity index (χ4n) is 3.81. The van der Waals surface area contributed by atoms with Crippen LogP contribution in [-0.2, 0) is 0 Å². The average molecular weight is 403 g/mol. The first-order valence-electron chi connectivity index (χ1n) is 10.3. The van der Waals surface area contributed by atoms with Crippen LogP contribution in [0.4, 0.5) is 5.69 Å². The van der Waals surface area contributed by atoms with E-state index in [0.29, 0.717) is 23.1 Å². The molecule has 1 fully saturated rings. The van der Waals surface area contributed by atoms with Crippen LogP contribution in [0.1, 0.15) is 65.6 Å². The van der Waals surface area contributed by atoms with Crippen LogP contribution >= 0.6 is 0 Å². The number of nitrogens with zero attached hydrogens (tertiary/aromatic N) is 3. The second-order valence-corrected chi connectivity index (χ2v) is 7.96. The molecule has 1 aromatic heterocycles. The normalized spacial score (nSPS) is 15.8. The summed E-state index contributed by atoms with van der Waals surface area (Å²) in [7, 11) is 1.72. The Morgan fingerprint density at radius 3 is 2.77 bits per heavy atom. The van der Waals surface area contributed by atoms with Gasteiger partial charge in [0.2, 0.25) is 0 Å². The third-order valence-corrected chi connectivity index (χ3v) is 5.57. The number of amides is 1. The minimum absolute atomic E-state index is 0.239. The van der Waals surface area contributed by atoms with E-state index in [4.69, 9.17) is 10.8 Å². The fourth-order valence-corrected chi connectivity index (χ4v) is 3.81. The number of amidine groups is 1. The molecule has 1 amide bonds. The molecule has 7 nitrogen and oxygen atoms in total. The van der Waals surface area contributed by atoms with Gasteiger partial charge in [0.1, 0.15) is 17.4 Å². The minimum Gasteiger partial charge on any atom is -0.321 e. The standard InChI is InChI=1S/C23H26N6O/c1-14-11-20(28-22(26-14)15-9-10-15)23(30)27-17-6-3-5-16(12-17)18-7-4-8-19(18)21(25)29(2)13-24/h3,5-6,11-13,15,24-25H,4,7-10H2,1-2H3,(H,27,30). The van der Waals surface area contributed by atoms with E-state index in [0.717, 1.165) is 66.7 Å². The molecule has 3 N–H and O–H groups in total. The number of rotatable bonds is 6. The number of carbonyl (C=O) groups is 1. The molecule has 0 radical (unpaired) electrons. The molecule has 1 heterocycles. The number of hydrogen-bond acceptors (Lipinski definition) is 5. The summed E-state index contributed by atoms with van der Waals surface area (Å²) < 4.78 is 0. The summed E-state index contributed by atoms with van der Waals surface area (Å²) in [6.07, 6.45) is 6.03. The third kappa shape index (κ3) is 4.15. The summed E-state index contributed by atoms with van der Waals surface area (Å²) in [4.78, 5) is 23.3. The van der Waals surface area contributed by atoms with Crippen molar-refractivity contribution in [1.29, 1.82) is 10.8 Å². The van der Waals surface area contributed by atoms with Crippen molar-refractivity contribution in [2.75, 3.05) is 12.4 Å². The number of benzene rings is 1. The van der Waals surface area contributed by atoms with Crippen molar-refractivity contribution in [2.45, 2.75) is 44.9 Å². The molecular formula is C23H26N6O. The van der Waals surface area contributed by atoms with Gasteiger partial charge in [-0.25, -0.2) is 9.97 Å². The predicted octanol–water partition coefficient (Wildman–Crippen LogP) is 4.37. The molecule has 7 heteroatoms.